The summed E-state index contributed by atoms with van der Waals surface area (Å²) in [5, 5.41) is 3.49. The number of hydrogen-bond acceptors (Lipinski definition) is 2. The average molecular weight is 253 g/mol. The largest absolute Gasteiger partial charge is 0.307 e. The molecule has 2 nitrogen and oxygen atoms in total. The van der Waals surface area contributed by atoms with Gasteiger partial charge in [0, 0.05) is 34.9 Å². The predicted octanol–water partition coefficient (Wildman–Crippen LogP) is 2.72. The van der Waals surface area contributed by atoms with E-state index in [2.05, 4.69) is 51.2 Å². The molecule has 0 spiro atoms. The summed E-state index contributed by atoms with van der Waals surface area (Å²) in [6.45, 7) is 8.48. The van der Waals surface area contributed by atoms with Crippen LogP contribution in [0.5, 0.6) is 0 Å². The first-order valence-electron chi connectivity index (χ1n) is 6.02. The molecule has 1 rings (SSSR count). The smallest absolute Gasteiger partial charge is 0.0383 e. The molecule has 17 heavy (non-hydrogen) atoms. The second-order valence-corrected chi connectivity index (χ2v) is 6.43. The fraction of sp³-hybridized carbons (Fsp3) is 0.571. The van der Waals surface area contributed by atoms with Gasteiger partial charge in [0.05, 0.1) is 0 Å². The van der Waals surface area contributed by atoms with E-state index < -0.39 is 10.8 Å². The summed E-state index contributed by atoms with van der Waals surface area (Å²) < 4.78 is 11.2. The molecule has 0 aromatic heterocycles. The maximum Gasteiger partial charge on any atom is 0.0383 e. The second-order valence-electron chi connectivity index (χ2n) is 4.95. The molecule has 0 radical (unpaired) electrons. The van der Waals surface area contributed by atoms with Gasteiger partial charge in [-0.3, -0.25) is 4.21 Å². The summed E-state index contributed by atoms with van der Waals surface area (Å²) in [7, 11) is -0.740. The summed E-state index contributed by atoms with van der Waals surface area (Å²) in [4.78, 5) is 0. The topological polar surface area (TPSA) is 29.1 Å². The van der Waals surface area contributed by atoms with Crippen LogP contribution in [-0.2, 0) is 10.8 Å². The van der Waals surface area contributed by atoms with Crippen molar-refractivity contribution in [2.24, 2.45) is 0 Å². The Hall–Kier alpha value is -0.670. The molecule has 0 bridgehead atoms. The van der Waals surface area contributed by atoms with Gasteiger partial charge < -0.3 is 5.32 Å². The Balaban J connectivity index is 2.69. The van der Waals surface area contributed by atoms with Gasteiger partial charge >= 0.3 is 0 Å². The molecule has 1 aromatic carbocycles. The highest BCUT2D eigenvalue weighted by atomic mass is 32.2. The molecule has 3 atom stereocenters. The van der Waals surface area contributed by atoms with Crippen LogP contribution in [0.4, 0.5) is 0 Å². The van der Waals surface area contributed by atoms with E-state index >= 15 is 0 Å². The van der Waals surface area contributed by atoms with Crippen LogP contribution in [-0.4, -0.2) is 22.3 Å². The highest BCUT2D eigenvalue weighted by Gasteiger charge is 2.11. The first-order valence-corrected chi connectivity index (χ1v) is 7.75. The predicted molar refractivity (Wildman–Crippen MR) is 75.9 cm³/mol. The maximum atomic E-state index is 11.2. The molecule has 0 aliphatic rings. The fourth-order valence-corrected chi connectivity index (χ4v) is 2.98. The Kier molecular flexibility index (Phi) is 5.34. The van der Waals surface area contributed by atoms with Crippen molar-refractivity contribution in [3.63, 3.8) is 0 Å². The van der Waals surface area contributed by atoms with Crippen molar-refractivity contribution in [2.75, 3.05) is 12.0 Å². The van der Waals surface area contributed by atoms with Crippen LogP contribution in [0.1, 0.15) is 36.6 Å². The zero-order chi connectivity index (χ0) is 13.0. The average Bonchev–Trinajstić information content (AvgIpc) is 2.14. The minimum Gasteiger partial charge on any atom is -0.307 e. The molecular weight excluding hydrogens is 230 g/mol. The van der Waals surface area contributed by atoms with E-state index in [1.54, 1.807) is 6.26 Å². The van der Waals surface area contributed by atoms with Gasteiger partial charge in [0.2, 0.25) is 0 Å². The van der Waals surface area contributed by atoms with Crippen molar-refractivity contribution in [2.45, 2.75) is 39.8 Å². The van der Waals surface area contributed by atoms with Crippen molar-refractivity contribution < 1.29 is 4.21 Å². The molecule has 96 valence electrons. The number of rotatable bonds is 5. The van der Waals surface area contributed by atoms with Crippen LogP contribution >= 0.6 is 0 Å². The highest BCUT2D eigenvalue weighted by Crippen LogP contribution is 2.17. The minimum atomic E-state index is -0.740. The van der Waals surface area contributed by atoms with Crippen LogP contribution in [0.3, 0.4) is 0 Å². The molecule has 0 fully saturated rings. The lowest BCUT2D eigenvalue weighted by molar-refractivity contribution is 0.507. The van der Waals surface area contributed by atoms with E-state index in [4.69, 9.17) is 0 Å². The first kappa shape index (κ1) is 14.4. The van der Waals surface area contributed by atoms with Gasteiger partial charge in [-0.15, -0.1) is 0 Å². The SMILES string of the molecule is Cc1cc(C)cc(C(C)NC(C)CS(C)=O)c1. The normalized spacial score (nSPS) is 16.5. The number of hydrogen-bond donors (Lipinski definition) is 1. The zero-order valence-corrected chi connectivity index (χ0v) is 12.2. The maximum absolute atomic E-state index is 11.2. The molecule has 0 aliphatic carbocycles. The highest BCUT2D eigenvalue weighted by molar-refractivity contribution is 7.84. The zero-order valence-electron chi connectivity index (χ0n) is 11.4. The molecule has 0 saturated heterocycles. The third kappa shape index (κ3) is 5.00. The molecule has 0 saturated carbocycles. The van der Waals surface area contributed by atoms with Crippen molar-refractivity contribution >= 4 is 10.8 Å². The van der Waals surface area contributed by atoms with E-state index in [-0.39, 0.29) is 6.04 Å². The van der Waals surface area contributed by atoms with E-state index in [1.165, 1.54) is 16.7 Å². The minimum absolute atomic E-state index is 0.275. The Morgan fingerprint density at radius 1 is 1.18 bits per heavy atom. The summed E-state index contributed by atoms with van der Waals surface area (Å²) in [6.07, 6.45) is 1.75. The van der Waals surface area contributed by atoms with E-state index in [1.807, 2.05) is 0 Å². The van der Waals surface area contributed by atoms with Crippen LogP contribution in [0.2, 0.25) is 0 Å². The van der Waals surface area contributed by atoms with Crippen LogP contribution in [0.15, 0.2) is 18.2 Å². The second kappa shape index (κ2) is 6.31. The van der Waals surface area contributed by atoms with Gasteiger partial charge in [-0.25, -0.2) is 0 Å². The van der Waals surface area contributed by atoms with Crippen molar-refractivity contribution in [3.05, 3.63) is 34.9 Å². The Morgan fingerprint density at radius 3 is 2.18 bits per heavy atom. The third-order valence-electron chi connectivity index (χ3n) is 2.76. The lowest BCUT2D eigenvalue weighted by Gasteiger charge is -2.20. The van der Waals surface area contributed by atoms with E-state index in [0.29, 0.717) is 11.8 Å². The van der Waals surface area contributed by atoms with Crippen LogP contribution in [0.25, 0.3) is 0 Å². The van der Waals surface area contributed by atoms with Gasteiger partial charge in [0.25, 0.3) is 0 Å². The molecule has 1 N–H and O–H groups in total. The quantitative estimate of drug-likeness (QED) is 0.874. The molecule has 0 amide bonds. The lowest BCUT2D eigenvalue weighted by atomic mass is 10.0. The number of nitrogens with one attached hydrogen (secondary N) is 1. The molecule has 0 heterocycles. The van der Waals surface area contributed by atoms with Crippen LogP contribution < -0.4 is 5.32 Å². The fourth-order valence-electron chi connectivity index (χ4n) is 2.18. The van der Waals surface area contributed by atoms with Gasteiger partial charge in [-0.1, -0.05) is 29.3 Å². The van der Waals surface area contributed by atoms with Crippen molar-refractivity contribution in [3.8, 4) is 0 Å². The van der Waals surface area contributed by atoms with E-state index in [0.717, 1.165) is 0 Å². The summed E-state index contributed by atoms with van der Waals surface area (Å²) >= 11 is 0. The van der Waals surface area contributed by atoms with E-state index in [9.17, 15) is 4.21 Å². The molecule has 0 aliphatic heterocycles. The van der Waals surface area contributed by atoms with Crippen molar-refractivity contribution in [1.29, 1.82) is 0 Å². The standard InChI is InChI=1S/C14H23NOS/c1-10-6-11(2)8-14(7-10)13(4)15-12(3)9-17(5)16/h6-8,12-13,15H,9H2,1-5H3. The Morgan fingerprint density at radius 2 is 1.71 bits per heavy atom. The summed E-state index contributed by atoms with van der Waals surface area (Å²) in [5.74, 6) is 0.704. The van der Waals surface area contributed by atoms with Gasteiger partial charge in [-0.2, -0.15) is 0 Å². The molecule has 3 unspecified atom stereocenters. The number of aryl methyl sites for hydroxylation is 2. The Bertz CT molecular complexity index is 383. The van der Waals surface area contributed by atoms with Gasteiger partial charge in [0.15, 0.2) is 0 Å². The molecule has 3 heteroatoms. The molecule has 1 aromatic rings. The Labute approximate surface area is 107 Å². The summed E-state index contributed by atoms with van der Waals surface area (Å²) in [6, 6.07) is 7.17. The van der Waals surface area contributed by atoms with Gasteiger partial charge in [-0.05, 0) is 33.3 Å². The third-order valence-corrected chi connectivity index (χ3v) is 3.73. The monoisotopic (exact) mass is 253 g/mol. The molecular formula is C14H23NOS. The van der Waals surface area contributed by atoms with Crippen LogP contribution in [0, 0.1) is 13.8 Å². The summed E-state index contributed by atoms with van der Waals surface area (Å²) in [5.41, 5.74) is 3.89. The number of benzene rings is 1. The lowest BCUT2D eigenvalue weighted by Crippen LogP contribution is -2.33. The van der Waals surface area contributed by atoms with Gasteiger partial charge in [0.1, 0.15) is 0 Å². The first-order chi connectivity index (χ1) is 7.88. The van der Waals surface area contributed by atoms with Crippen molar-refractivity contribution in [1.82, 2.24) is 5.32 Å².